The molecule has 1 aliphatic heterocycles. The first-order valence-electron chi connectivity index (χ1n) is 6.49. The lowest BCUT2D eigenvalue weighted by molar-refractivity contribution is 0.143. The van der Waals surface area contributed by atoms with E-state index in [0.29, 0.717) is 16.5 Å². The predicted molar refractivity (Wildman–Crippen MR) is 79.3 cm³/mol. The minimum absolute atomic E-state index is 0.0614. The molecule has 0 radical (unpaired) electrons. The average molecular weight is 282 g/mol. The molecule has 1 atom stereocenters. The van der Waals surface area contributed by atoms with E-state index in [4.69, 9.17) is 27.5 Å². The molecule has 1 saturated heterocycles. The van der Waals surface area contributed by atoms with Crippen LogP contribution in [-0.4, -0.2) is 32.6 Å². The first-order chi connectivity index (χ1) is 9.11. The van der Waals surface area contributed by atoms with Crippen molar-refractivity contribution in [1.82, 2.24) is 0 Å². The summed E-state index contributed by atoms with van der Waals surface area (Å²) in [5.74, 6) is 0.598. The van der Waals surface area contributed by atoms with Crippen molar-refractivity contribution in [3.63, 3.8) is 0 Å². The highest BCUT2D eigenvalue weighted by molar-refractivity contribution is 6.31. The topological polar surface area (TPSA) is 62.3 Å². The SMILES string of the molecule is COCC1CCCN(c2ccc(Cl)cc2C(=N)N)C1. The maximum atomic E-state index is 7.69. The van der Waals surface area contributed by atoms with Gasteiger partial charge in [0.2, 0.25) is 0 Å². The minimum Gasteiger partial charge on any atom is -0.384 e. The van der Waals surface area contributed by atoms with Crippen LogP contribution in [-0.2, 0) is 4.74 Å². The van der Waals surface area contributed by atoms with Crippen molar-refractivity contribution in [2.24, 2.45) is 11.7 Å². The number of nitrogens with zero attached hydrogens (tertiary/aromatic N) is 1. The number of nitrogens with two attached hydrogens (primary N) is 1. The van der Waals surface area contributed by atoms with Crippen LogP contribution in [0.1, 0.15) is 18.4 Å². The molecule has 0 aliphatic carbocycles. The summed E-state index contributed by atoms with van der Waals surface area (Å²) in [5, 5.41) is 8.30. The summed E-state index contributed by atoms with van der Waals surface area (Å²) in [4.78, 5) is 2.28. The Morgan fingerprint density at radius 2 is 2.37 bits per heavy atom. The second-order valence-corrected chi connectivity index (χ2v) is 5.42. The second-order valence-electron chi connectivity index (χ2n) is 4.98. The molecule has 1 unspecified atom stereocenters. The molecular weight excluding hydrogens is 262 g/mol. The fourth-order valence-electron chi connectivity index (χ4n) is 2.66. The van der Waals surface area contributed by atoms with Gasteiger partial charge in [-0.3, -0.25) is 5.41 Å². The van der Waals surface area contributed by atoms with Gasteiger partial charge in [0.25, 0.3) is 0 Å². The fraction of sp³-hybridized carbons (Fsp3) is 0.500. The number of nitrogen functional groups attached to an aromatic ring is 1. The molecule has 3 N–H and O–H groups in total. The number of hydrogen-bond donors (Lipinski definition) is 2. The highest BCUT2D eigenvalue weighted by Gasteiger charge is 2.22. The molecule has 5 heteroatoms. The van der Waals surface area contributed by atoms with E-state index < -0.39 is 0 Å². The lowest BCUT2D eigenvalue weighted by atomic mass is 9.97. The molecule has 0 bridgehead atoms. The molecule has 1 fully saturated rings. The summed E-state index contributed by atoms with van der Waals surface area (Å²) in [6.07, 6.45) is 2.32. The Kier molecular flexibility index (Phi) is 4.66. The van der Waals surface area contributed by atoms with E-state index in [1.165, 1.54) is 6.42 Å². The molecule has 2 rings (SSSR count). The summed E-state index contributed by atoms with van der Waals surface area (Å²) >= 11 is 5.99. The quantitative estimate of drug-likeness (QED) is 0.658. The zero-order valence-electron chi connectivity index (χ0n) is 11.2. The molecule has 1 aliphatic rings. The van der Waals surface area contributed by atoms with Gasteiger partial charge in [-0.25, -0.2) is 0 Å². The molecule has 1 aromatic carbocycles. The van der Waals surface area contributed by atoms with Crippen LogP contribution in [0.4, 0.5) is 5.69 Å². The van der Waals surface area contributed by atoms with Gasteiger partial charge in [-0.05, 0) is 37.0 Å². The first-order valence-corrected chi connectivity index (χ1v) is 6.87. The highest BCUT2D eigenvalue weighted by atomic mass is 35.5. The van der Waals surface area contributed by atoms with Gasteiger partial charge in [0.15, 0.2) is 0 Å². The van der Waals surface area contributed by atoms with Crippen molar-refractivity contribution in [3.05, 3.63) is 28.8 Å². The lowest BCUT2D eigenvalue weighted by Gasteiger charge is -2.35. The Hall–Kier alpha value is -1.26. The van der Waals surface area contributed by atoms with Crippen LogP contribution >= 0.6 is 11.6 Å². The Morgan fingerprint density at radius 1 is 1.58 bits per heavy atom. The minimum atomic E-state index is 0.0614. The lowest BCUT2D eigenvalue weighted by Crippen LogP contribution is -2.38. The van der Waals surface area contributed by atoms with Crippen molar-refractivity contribution in [2.45, 2.75) is 12.8 Å². The van der Waals surface area contributed by atoms with Gasteiger partial charge in [0.05, 0.1) is 6.61 Å². The van der Waals surface area contributed by atoms with Gasteiger partial charge >= 0.3 is 0 Å². The standard InChI is InChI=1S/C14H20ClN3O/c1-19-9-10-3-2-6-18(8-10)13-5-4-11(15)7-12(13)14(16)17/h4-5,7,10H,2-3,6,8-9H2,1H3,(H3,16,17). The van der Waals surface area contributed by atoms with Crippen LogP contribution < -0.4 is 10.6 Å². The van der Waals surface area contributed by atoms with Crippen LogP contribution in [0, 0.1) is 11.3 Å². The smallest absolute Gasteiger partial charge is 0.124 e. The molecule has 4 nitrogen and oxygen atoms in total. The van der Waals surface area contributed by atoms with Gasteiger partial charge in [-0.1, -0.05) is 11.6 Å². The normalized spacial score (nSPS) is 19.5. The molecule has 1 aromatic rings. The molecule has 0 spiro atoms. The molecule has 0 amide bonds. The van der Waals surface area contributed by atoms with E-state index in [1.54, 1.807) is 13.2 Å². The maximum absolute atomic E-state index is 7.69. The largest absolute Gasteiger partial charge is 0.384 e. The van der Waals surface area contributed by atoms with Crippen LogP contribution in [0.2, 0.25) is 5.02 Å². The average Bonchev–Trinajstić information content (AvgIpc) is 2.39. The van der Waals surface area contributed by atoms with E-state index in [-0.39, 0.29) is 5.84 Å². The Morgan fingerprint density at radius 3 is 3.05 bits per heavy atom. The third-order valence-electron chi connectivity index (χ3n) is 3.51. The number of piperidine rings is 1. The number of ether oxygens (including phenoxy) is 1. The maximum Gasteiger partial charge on any atom is 0.124 e. The first kappa shape index (κ1) is 14.2. The van der Waals surface area contributed by atoms with Gasteiger partial charge in [-0.15, -0.1) is 0 Å². The molecule has 0 saturated carbocycles. The number of halogens is 1. The van der Waals surface area contributed by atoms with Crippen LogP contribution in [0.3, 0.4) is 0 Å². The Balaban J connectivity index is 2.23. The van der Waals surface area contributed by atoms with Crippen molar-refractivity contribution < 1.29 is 4.74 Å². The second kappa shape index (κ2) is 6.26. The molecule has 1 heterocycles. The van der Waals surface area contributed by atoms with E-state index in [1.807, 2.05) is 12.1 Å². The molecular formula is C14H20ClN3O. The third kappa shape index (κ3) is 3.39. The Labute approximate surface area is 119 Å². The van der Waals surface area contributed by atoms with Crippen molar-refractivity contribution in [3.8, 4) is 0 Å². The van der Waals surface area contributed by atoms with E-state index in [9.17, 15) is 0 Å². The summed E-state index contributed by atoms with van der Waals surface area (Å²) < 4.78 is 5.25. The van der Waals surface area contributed by atoms with Crippen molar-refractivity contribution in [1.29, 1.82) is 5.41 Å². The van der Waals surface area contributed by atoms with Crippen LogP contribution in [0.25, 0.3) is 0 Å². The number of anilines is 1. The van der Waals surface area contributed by atoms with Gasteiger partial charge in [0, 0.05) is 36.5 Å². The number of nitrogens with one attached hydrogen (secondary N) is 1. The summed E-state index contributed by atoms with van der Waals surface area (Å²) in [5.41, 5.74) is 7.37. The van der Waals surface area contributed by atoms with E-state index in [0.717, 1.165) is 31.8 Å². The highest BCUT2D eigenvalue weighted by Crippen LogP contribution is 2.28. The third-order valence-corrected chi connectivity index (χ3v) is 3.75. The number of amidine groups is 1. The number of rotatable bonds is 4. The van der Waals surface area contributed by atoms with Crippen LogP contribution in [0.15, 0.2) is 18.2 Å². The fourth-order valence-corrected chi connectivity index (χ4v) is 2.83. The van der Waals surface area contributed by atoms with Gasteiger partial charge in [-0.2, -0.15) is 0 Å². The monoisotopic (exact) mass is 281 g/mol. The predicted octanol–water partition coefficient (Wildman–Crippen LogP) is 2.49. The van der Waals surface area contributed by atoms with Crippen molar-refractivity contribution in [2.75, 3.05) is 31.7 Å². The molecule has 0 aromatic heterocycles. The summed E-state index contributed by atoms with van der Waals surface area (Å²) in [6, 6.07) is 5.57. The van der Waals surface area contributed by atoms with E-state index in [2.05, 4.69) is 4.90 Å². The van der Waals surface area contributed by atoms with Gasteiger partial charge < -0.3 is 15.4 Å². The Bertz CT molecular complexity index is 462. The zero-order valence-corrected chi connectivity index (χ0v) is 11.9. The van der Waals surface area contributed by atoms with Crippen molar-refractivity contribution >= 4 is 23.1 Å². The summed E-state index contributed by atoms with van der Waals surface area (Å²) in [7, 11) is 1.74. The zero-order chi connectivity index (χ0) is 13.8. The molecule has 104 valence electrons. The van der Waals surface area contributed by atoms with Gasteiger partial charge in [0.1, 0.15) is 5.84 Å². The molecule has 19 heavy (non-hydrogen) atoms. The number of methoxy groups -OCH3 is 1. The number of benzene rings is 1. The summed E-state index contributed by atoms with van der Waals surface area (Å²) in [6.45, 7) is 2.71. The van der Waals surface area contributed by atoms with E-state index >= 15 is 0 Å². The number of hydrogen-bond acceptors (Lipinski definition) is 3. The van der Waals surface area contributed by atoms with Crippen LogP contribution in [0.5, 0.6) is 0 Å².